The first-order valence-corrected chi connectivity index (χ1v) is 14.3. The number of carbonyl (C=O) groups is 2. The van der Waals surface area contributed by atoms with Gasteiger partial charge in [0.05, 0.1) is 24.0 Å². The maximum atomic E-state index is 13.5. The largest absolute Gasteiger partial charge is 0.466 e. The number of thiocarbonyl (C=S) groups is 1. The molecule has 2 fully saturated rings. The Kier molecular flexibility index (Phi) is 8.93. The zero-order valence-electron chi connectivity index (χ0n) is 22.7. The molecule has 1 atom stereocenters. The van der Waals surface area contributed by atoms with Gasteiger partial charge in [-0.05, 0) is 57.7 Å². The van der Waals surface area contributed by atoms with Crippen LogP contribution in [0.25, 0.3) is 6.08 Å². The lowest BCUT2D eigenvalue weighted by molar-refractivity contribution is -0.148. The predicted octanol–water partition coefficient (Wildman–Crippen LogP) is 4.54. The van der Waals surface area contributed by atoms with Gasteiger partial charge >= 0.3 is 5.97 Å². The van der Waals surface area contributed by atoms with E-state index in [1.807, 2.05) is 43.0 Å². The number of piperidine rings is 1. The Balaban J connectivity index is 1.78. The van der Waals surface area contributed by atoms with E-state index in [0.29, 0.717) is 65.4 Å². The van der Waals surface area contributed by atoms with Crippen molar-refractivity contribution in [3.8, 4) is 6.07 Å². The average Bonchev–Trinajstić information content (AvgIpc) is 3.19. The van der Waals surface area contributed by atoms with Crippen LogP contribution >= 0.6 is 24.0 Å². The number of esters is 1. The van der Waals surface area contributed by atoms with E-state index in [1.165, 1.54) is 11.8 Å². The van der Waals surface area contributed by atoms with Crippen molar-refractivity contribution in [3.63, 3.8) is 0 Å². The lowest BCUT2D eigenvalue weighted by Crippen LogP contribution is -2.43. The van der Waals surface area contributed by atoms with E-state index >= 15 is 0 Å². The Hall–Kier alpha value is -3.42. The normalized spacial score (nSPS) is 18.5. The predicted molar refractivity (Wildman–Crippen MR) is 157 cm³/mol. The number of carbonyl (C=O) groups excluding carboxylic acids is 2. The van der Waals surface area contributed by atoms with Gasteiger partial charge in [0.15, 0.2) is 0 Å². The van der Waals surface area contributed by atoms with Crippen LogP contribution in [0, 0.1) is 31.1 Å². The van der Waals surface area contributed by atoms with Crippen LogP contribution in [0.3, 0.4) is 0 Å². The lowest BCUT2D eigenvalue weighted by atomic mass is 9.96. The van der Waals surface area contributed by atoms with E-state index in [4.69, 9.17) is 17.0 Å². The van der Waals surface area contributed by atoms with Crippen molar-refractivity contribution >= 4 is 52.1 Å². The van der Waals surface area contributed by atoms with Gasteiger partial charge in [-0.2, -0.15) is 5.26 Å². The number of aryl methyl sites for hydroxylation is 1. The molecule has 0 saturated carbocycles. The van der Waals surface area contributed by atoms with Crippen LogP contribution in [-0.4, -0.2) is 45.4 Å². The number of pyridine rings is 1. The first kappa shape index (κ1) is 28.6. The Morgan fingerprint density at radius 2 is 1.95 bits per heavy atom. The van der Waals surface area contributed by atoms with Crippen LogP contribution in [-0.2, 0) is 27.4 Å². The number of hydrogen-bond acceptors (Lipinski definition) is 8. The van der Waals surface area contributed by atoms with Gasteiger partial charge in [0.1, 0.15) is 21.8 Å². The minimum absolute atomic E-state index is 0.0425. The molecule has 2 aliphatic heterocycles. The second kappa shape index (κ2) is 12.2. The number of thioether (sulfide) groups is 1. The molecule has 0 spiro atoms. The highest BCUT2D eigenvalue weighted by Gasteiger charge is 2.34. The molecule has 8 nitrogen and oxygen atoms in total. The molecule has 0 radical (unpaired) electrons. The maximum absolute atomic E-state index is 13.5. The maximum Gasteiger partial charge on any atom is 0.310 e. The summed E-state index contributed by atoms with van der Waals surface area (Å²) in [6.07, 6.45) is 3.20. The molecular formula is C29H32N4O4S2. The molecule has 3 heterocycles. The third kappa shape index (κ3) is 5.80. The highest BCUT2D eigenvalue weighted by atomic mass is 32.2. The van der Waals surface area contributed by atoms with Gasteiger partial charge in [0, 0.05) is 25.2 Å². The van der Waals surface area contributed by atoms with E-state index in [0.717, 1.165) is 17.5 Å². The third-order valence-corrected chi connectivity index (χ3v) is 8.49. The van der Waals surface area contributed by atoms with Gasteiger partial charge < -0.3 is 9.64 Å². The molecule has 0 N–H and O–H groups in total. The van der Waals surface area contributed by atoms with Gasteiger partial charge in [-0.1, -0.05) is 53.8 Å². The van der Waals surface area contributed by atoms with E-state index < -0.39 is 0 Å². The highest BCUT2D eigenvalue weighted by Crippen LogP contribution is 2.37. The Labute approximate surface area is 238 Å². The van der Waals surface area contributed by atoms with Crippen molar-refractivity contribution < 1.29 is 14.3 Å². The topological polar surface area (TPSA) is 95.6 Å². The van der Waals surface area contributed by atoms with Crippen molar-refractivity contribution in [1.29, 1.82) is 5.26 Å². The number of hydrogen-bond donors (Lipinski definition) is 0. The Morgan fingerprint density at radius 3 is 2.59 bits per heavy atom. The fourth-order valence-corrected chi connectivity index (χ4v) is 6.28. The standard InChI is InChI=1S/C29H32N4O4S2/c1-5-32-25(31-13-7-8-21(17-31)28(36)37-6-2)22(19(4)23(15-30)26(32)34)14-24-27(35)33(29(38)39-24)16-20-11-9-18(3)10-12-20/h9-12,14,21H,5-8,13,16-17H2,1-4H3/b24-14-. The summed E-state index contributed by atoms with van der Waals surface area (Å²) in [5.41, 5.74) is 2.89. The summed E-state index contributed by atoms with van der Waals surface area (Å²) in [5, 5.41) is 9.84. The van der Waals surface area contributed by atoms with Gasteiger partial charge in [-0.3, -0.25) is 23.9 Å². The summed E-state index contributed by atoms with van der Waals surface area (Å²) in [6.45, 7) is 9.39. The molecule has 1 aromatic carbocycles. The molecule has 1 aromatic heterocycles. The zero-order chi connectivity index (χ0) is 28.3. The summed E-state index contributed by atoms with van der Waals surface area (Å²) in [7, 11) is 0. The van der Waals surface area contributed by atoms with Crippen LogP contribution < -0.4 is 10.5 Å². The summed E-state index contributed by atoms with van der Waals surface area (Å²) < 4.78 is 7.30. The molecule has 2 aromatic rings. The summed E-state index contributed by atoms with van der Waals surface area (Å²) >= 11 is 6.78. The van der Waals surface area contributed by atoms with Gasteiger partial charge in [0.2, 0.25) is 0 Å². The van der Waals surface area contributed by atoms with E-state index in [9.17, 15) is 19.6 Å². The van der Waals surface area contributed by atoms with Crippen LogP contribution in [0.1, 0.15) is 54.5 Å². The Bertz CT molecular complexity index is 1440. The van der Waals surface area contributed by atoms with Gasteiger partial charge in [-0.15, -0.1) is 0 Å². The highest BCUT2D eigenvalue weighted by molar-refractivity contribution is 8.26. The number of rotatable bonds is 7. The van der Waals surface area contributed by atoms with E-state index in [-0.39, 0.29) is 28.9 Å². The number of aromatic nitrogens is 1. The average molecular weight is 565 g/mol. The summed E-state index contributed by atoms with van der Waals surface area (Å²) in [5.74, 6) is -0.185. The molecule has 2 saturated heterocycles. The third-order valence-electron chi connectivity index (χ3n) is 7.11. The number of nitrogens with zero attached hydrogens (tertiary/aromatic N) is 4. The number of anilines is 1. The monoisotopic (exact) mass is 564 g/mol. The van der Waals surface area contributed by atoms with Crippen molar-refractivity contribution in [2.75, 3.05) is 24.6 Å². The molecule has 1 amide bonds. The molecule has 1 unspecified atom stereocenters. The second-order valence-electron chi connectivity index (χ2n) is 9.69. The summed E-state index contributed by atoms with van der Waals surface area (Å²) in [6, 6.07) is 10.0. The number of nitriles is 1. The lowest BCUT2D eigenvalue weighted by Gasteiger charge is -2.36. The van der Waals surface area contributed by atoms with Crippen LogP contribution in [0.4, 0.5) is 5.82 Å². The van der Waals surface area contributed by atoms with E-state index in [2.05, 4.69) is 6.07 Å². The SMILES string of the molecule is CCOC(=O)C1CCCN(c2c(/C=C3\SC(=S)N(Cc4ccc(C)cc4)C3=O)c(C)c(C#N)c(=O)n2CC)C1. The first-order chi connectivity index (χ1) is 18.7. The molecule has 10 heteroatoms. The minimum atomic E-state index is -0.380. The quantitative estimate of drug-likeness (QED) is 0.275. The van der Waals surface area contributed by atoms with Crippen molar-refractivity contribution in [1.82, 2.24) is 9.47 Å². The number of benzene rings is 1. The number of ether oxygens (including phenoxy) is 1. The fraction of sp³-hybridized carbons (Fsp3) is 0.414. The summed E-state index contributed by atoms with van der Waals surface area (Å²) in [4.78, 5) is 43.4. The van der Waals surface area contributed by atoms with Crippen molar-refractivity contribution in [2.45, 2.75) is 53.6 Å². The molecule has 39 heavy (non-hydrogen) atoms. The molecule has 0 bridgehead atoms. The first-order valence-electron chi connectivity index (χ1n) is 13.1. The zero-order valence-corrected chi connectivity index (χ0v) is 24.3. The minimum Gasteiger partial charge on any atom is -0.466 e. The number of amides is 1. The van der Waals surface area contributed by atoms with Crippen LogP contribution in [0.2, 0.25) is 0 Å². The van der Waals surface area contributed by atoms with Crippen LogP contribution in [0.5, 0.6) is 0 Å². The molecular weight excluding hydrogens is 532 g/mol. The molecule has 204 valence electrons. The second-order valence-corrected chi connectivity index (χ2v) is 11.4. The molecule has 0 aliphatic carbocycles. The van der Waals surface area contributed by atoms with Crippen molar-refractivity contribution in [2.24, 2.45) is 5.92 Å². The fourth-order valence-electron chi connectivity index (χ4n) is 5.04. The van der Waals surface area contributed by atoms with Gasteiger partial charge in [-0.25, -0.2) is 0 Å². The van der Waals surface area contributed by atoms with E-state index in [1.54, 1.807) is 29.4 Å². The van der Waals surface area contributed by atoms with Crippen molar-refractivity contribution in [3.05, 3.63) is 67.3 Å². The van der Waals surface area contributed by atoms with Gasteiger partial charge in [0.25, 0.3) is 11.5 Å². The molecule has 2 aliphatic rings. The van der Waals surface area contributed by atoms with Crippen LogP contribution in [0.15, 0.2) is 34.0 Å². The smallest absolute Gasteiger partial charge is 0.310 e. The Morgan fingerprint density at radius 1 is 1.23 bits per heavy atom. The molecule has 4 rings (SSSR count).